The summed E-state index contributed by atoms with van der Waals surface area (Å²) in [6.45, 7) is 3.33. The van der Waals surface area contributed by atoms with Crippen molar-refractivity contribution in [2.75, 3.05) is 6.61 Å². The van der Waals surface area contributed by atoms with Crippen LogP contribution in [0.3, 0.4) is 0 Å². The molecular formula is C21H23ClN4O4. The van der Waals surface area contributed by atoms with Gasteiger partial charge in [0.25, 0.3) is 17.7 Å². The van der Waals surface area contributed by atoms with Crippen molar-refractivity contribution in [3.8, 4) is 5.75 Å². The van der Waals surface area contributed by atoms with Gasteiger partial charge in [-0.2, -0.15) is 5.10 Å². The maximum absolute atomic E-state index is 12.6. The molecule has 2 aromatic carbocycles. The van der Waals surface area contributed by atoms with Gasteiger partial charge in [0.15, 0.2) is 6.61 Å². The number of amides is 3. The van der Waals surface area contributed by atoms with Crippen molar-refractivity contribution in [2.24, 2.45) is 16.8 Å². The van der Waals surface area contributed by atoms with E-state index in [0.29, 0.717) is 21.9 Å². The highest BCUT2D eigenvalue weighted by Gasteiger charge is 2.24. The molecule has 1 unspecified atom stereocenters. The SMILES string of the molecule is CC(C)C(NC(=O)c1cccc(Cl)c1)C(=O)NN=Cc1ccccc1OCC(N)=O. The van der Waals surface area contributed by atoms with Crippen LogP contribution in [0, 0.1) is 5.92 Å². The van der Waals surface area contributed by atoms with Gasteiger partial charge in [0, 0.05) is 16.1 Å². The molecular weight excluding hydrogens is 408 g/mol. The Hall–Kier alpha value is -3.39. The summed E-state index contributed by atoms with van der Waals surface area (Å²) < 4.78 is 5.31. The lowest BCUT2D eigenvalue weighted by molar-refractivity contribution is -0.124. The first-order valence-electron chi connectivity index (χ1n) is 9.17. The number of nitrogens with one attached hydrogen (secondary N) is 2. The first-order chi connectivity index (χ1) is 14.3. The van der Waals surface area contributed by atoms with Crippen LogP contribution in [0.25, 0.3) is 0 Å². The lowest BCUT2D eigenvalue weighted by Crippen LogP contribution is -2.48. The van der Waals surface area contributed by atoms with Gasteiger partial charge < -0.3 is 15.8 Å². The van der Waals surface area contributed by atoms with Crippen LogP contribution in [0.4, 0.5) is 0 Å². The minimum atomic E-state index is -0.810. The van der Waals surface area contributed by atoms with E-state index in [1.807, 2.05) is 0 Å². The molecule has 8 nitrogen and oxygen atoms in total. The van der Waals surface area contributed by atoms with Gasteiger partial charge >= 0.3 is 0 Å². The monoisotopic (exact) mass is 430 g/mol. The minimum absolute atomic E-state index is 0.186. The molecule has 2 rings (SSSR count). The average Bonchev–Trinajstić information content (AvgIpc) is 2.70. The second kappa shape index (κ2) is 11.0. The van der Waals surface area contributed by atoms with Crippen LogP contribution in [0.2, 0.25) is 5.02 Å². The van der Waals surface area contributed by atoms with Crippen LogP contribution >= 0.6 is 11.6 Å². The maximum atomic E-state index is 12.6. The van der Waals surface area contributed by atoms with E-state index < -0.39 is 23.8 Å². The van der Waals surface area contributed by atoms with Gasteiger partial charge in [0.1, 0.15) is 11.8 Å². The fourth-order valence-corrected chi connectivity index (χ4v) is 2.68. The van der Waals surface area contributed by atoms with E-state index in [1.165, 1.54) is 12.3 Å². The summed E-state index contributed by atoms with van der Waals surface area (Å²) in [7, 11) is 0. The second-order valence-corrected chi connectivity index (χ2v) is 7.17. The van der Waals surface area contributed by atoms with Gasteiger partial charge in [-0.3, -0.25) is 14.4 Å². The Labute approximate surface area is 179 Å². The second-order valence-electron chi connectivity index (χ2n) is 6.73. The number of rotatable bonds is 9. The van der Waals surface area contributed by atoms with E-state index >= 15 is 0 Å². The summed E-state index contributed by atoms with van der Waals surface area (Å²) in [5.74, 6) is -1.29. The summed E-state index contributed by atoms with van der Waals surface area (Å²) in [6.07, 6.45) is 1.38. The van der Waals surface area contributed by atoms with Gasteiger partial charge in [-0.05, 0) is 36.2 Å². The Morgan fingerprint density at radius 3 is 2.57 bits per heavy atom. The Kier molecular flexibility index (Phi) is 8.37. The third-order valence-electron chi connectivity index (χ3n) is 3.99. The van der Waals surface area contributed by atoms with Gasteiger partial charge in [-0.15, -0.1) is 0 Å². The summed E-state index contributed by atoms with van der Waals surface area (Å²) >= 11 is 5.92. The number of hydrogen-bond acceptors (Lipinski definition) is 5. The van der Waals surface area contributed by atoms with Gasteiger partial charge in [-0.1, -0.05) is 43.6 Å². The van der Waals surface area contributed by atoms with Crippen molar-refractivity contribution in [1.82, 2.24) is 10.7 Å². The normalized spacial score (nSPS) is 11.9. The van der Waals surface area contributed by atoms with E-state index in [1.54, 1.807) is 56.3 Å². The molecule has 0 saturated carbocycles. The zero-order valence-electron chi connectivity index (χ0n) is 16.6. The molecule has 0 aliphatic carbocycles. The largest absolute Gasteiger partial charge is 0.483 e. The molecule has 0 saturated heterocycles. The van der Waals surface area contributed by atoms with Crippen LogP contribution in [0.1, 0.15) is 29.8 Å². The number of nitrogens with zero attached hydrogens (tertiary/aromatic N) is 1. The number of hydrazone groups is 1. The molecule has 0 spiro atoms. The molecule has 9 heteroatoms. The van der Waals surface area contributed by atoms with Crippen LogP contribution in [0.15, 0.2) is 53.6 Å². The zero-order valence-corrected chi connectivity index (χ0v) is 17.3. The number of para-hydroxylation sites is 1. The quantitative estimate of drug-likeness (QED) is 0.416. The molecule has 0 heterocycles. The number of halogens is 1. The van der Waals surface area contributed by atoms with E-state index in [4.69, 9.17) is 22.1 Å². The number of carbonyl (C=O) groups is 3. The number of primary amides is 1. The van der Waals surface area contributed by atoms with Gasteiger partial charge in [0.05, 0.1) is 6.21 Å². The van der Waals surface area contributed by atoms with Crippen molar-refractivity contribution in [3.05, 3.63) is 64.7 Å². The fraction of sp³-hybridized carbons (Fsp3) is 0.238. The van der Waals surface area contributed by atoms with E-state index in [-0.39, 0.29) is 12.5 Å². The molecule has 3 amide bonds. The number of hydrogen-bond donors (Lipinski definition) is 3. The molecule has 4 N–H and O–H groups in total. The molecule has 2 aromatic rings. The van der Waals surface area contributed by atoms with E-state index in [0.717, 1.165) is 0 Å². The predicted molar refractivity (Wildman–Crippen MR) is 114 cm³/mol. The molecule has 0 aromatic heterocycles. The van der Waals surface area contributed by atoms with Crippen molar-refractivity contribution in [3.63, 3.8) is 0 Å². The fourth-order valence-electron chi connectivity index (χ4n) is 2.49. The van der Waals surface area contributed by atoms with Crippen molar-refractivity contribution in [2.45, 2.75) is 19.9 Å². The summed E-state index contributed by atoms with van der Waals surface area (Å²) in [5.41, 5.74) is 8.40. The third kappa shape index (κ3) is 6.89. The smallest absolute Gasteiger partial charge is 0.262 e. The summed E-state index contributed by atoms with van der Waals surface area (Å²) in [5, 5.41) is 7.05. The van der Waals surface area contributed by atoms with Gasteiger partial charge in [-0.25, -0.2) is 5.43 Å². The van der Waals surface area contributed by atoms with Crippen molar-refractivity contribution >= 4 is 35.5 Å². The molecule has 0 bridgehead atoms. The molecule has 1 atom stereocenters. The number of ether oxygens (including phenoxy) is 1. The molecule has 0 radical (unpaired) electrons. The predicted octanol–water partition coefficient (Wildman–Crippen LogP) is 2.11. The highest BCUT2D eigenvalue weighted by molar-refractivity contribution is 6.31. The first-order valence-corrected chi connectivity index (χ1v) is 9.55. The lowest BCUT2D eigenvalue weighted by Gasteiger charge is -2.20. The molecule has 0 aliphatic rings. The van der Waals surface area contributed by atoms with Crippen LogP contribution in [-0.2, 0) is 9.59 Å². The molecule has 158 valence electrons. The lowest BCUT2D eigenvalue weighted by atomic mass is 10.0. The third-order valence-corrected chi connectivity index (χ3v) is 4.22. The van der Waals surface area contributed by atoms with Gasteiger partial charge in [0.2, 0.25) is 0 Å². The Bertz CT molecular complexity index is 946. The zero-order chi connectivity index (χ0) is 22.1. The van der Waals surface area contributed by atoms with E-state index in [9.17, 15) is 14.4 Å². The molecule has 30 heavy (non-hydrogen) atoms. The summed E-state index contributed by atoms with van der Waals surface area (Å²) in [4.78, 5) is 35.9. The Balaban J connectivity index is 2.04. The Morgan fingerprint density at radius 1 is 1.17 bits per heavy atom. The van der Waals surface area contributed by atoms with Crippen LogP contribution < -0.4 is 21.2 Å². The number of benzene rings is 2. The maximum Gasteiger partial charge on any atom is 0.262 e. The highest BCUT2D eigenvalue weighted by atomic mass is 35.5. The summed E-state index contributed by atoms with van der Waals surface area (Å²) in [6, 6.07) is 12.5. The van der Waals surface area contributed by atoms with Crippen molar-refractivity contribution < 1.29 is 19.1 Å². The topological polar surface area (TPSA) is 123 Å². The number of nitrogens with two attached hydrogens (primary N) is 1. The molecule has 0 fully saturated rings. The Morgan fingerprint density at radius 2 is 1.90 bits per heavy atom. The minimum Gasteiger partial charge on any atom is -0.483 e. The first kappa shape index (κ1) is 22.9. The standard InChI is InChI=1S/C21H23ClN4O4/c1-13(2)19(25-20(28)14-7-5-8-16(22)10-14)21(29)26-24-11-15-6-3-4-9-17(15)30-12-18(23)27/h3-11,13,19H,12H2,1-2H3,(H2,23,27)(H,25,28)(H,26,29). The van der Waals surface area contributed by atoms with E-state index in [2.05, 4.69) is 15.8 Å². The molecule has 0 aliphatic heterocycles. The van der Waals surface area contributed by atoms with Crippen molar-refractivity contribution in [1.29, 1.82) is 0 Å². The highest BCUT2D eigenvalue weighted by Crippen LogP contribution is 2.15. The van der Waals surface area contributed by atoms with Crippen LogP contribution in [-0.4, -0.2) is 36.6 Å². The number of carbonyl (C=O) groups excluding carboxylic acids is 3. The average molecular weight is 431 g/mol. The van der Waals surface area contributed by atoms with Crippen LogP contribution in [0.5, 0.6) is 5.75 Å².